The topological polar surface area (TPSA) is 54.7 Å². The molecule has 1 N–H and O–H groups in total. The van der Waals surface area contributed by atoms with Gasteiger partial charge in [-0.3, -0.25) is 0 Å². The monoisotopic (exact) mass is 256 g/mol. The minimum atomic E-state index is 0.491. The van der Waals surface area contributed by atoms with Gasteiger partial charge in [-0.25, -0.2) is 4.98 Å². The van der Waals surface area contributed by atoms with E-state index in [2.05, 4.69) is 10.1 Å². The van der Waals surface area contributed by atoms with Crippen LogP contribution in [0.4, 0.5) is 0 Å². The minimum Gasteiger partial charge on any atom is -0.473 e. The number of rotatable bonds is 5. The fourth-order valence-electron chi connectivity index (χ4n) is 1.61. The molecule has 1 aromatic carbocycles. The molecule has 2 aromatic rings. The number of aromatic nitrogens is 1. The molecule has 0 spiro atoms. The largest absolute Gasteiger partial charge is 0.473 e. The zero-order chi connectivity index (χ0) is 13.5. The molecule has 19 heavy (non-hydrogen) atoms. The molecule has 0 unspecified atom stereocenters. The van der Waals surface area contributed by atoms with E-state index in [1.807, 2.05) is 43.3 Å². The van der Waals surface area contributed by atoms with Gasteiger partial charge in [0, 0.05) is 24.9 Å². The molecule has 0 atom stereocenters. The van der Waals surface area contributed by atoms with E-state index in [9.17, 15) is 0 Å². The summed E-state index contributed by atoms with van der Waals surface area (Å²) in [7, 11) is 0. The van der Waals surface area contributed by atoms with Crippen molar-refractivity contribution in [1.82, 2.24) is 4.98 Å². The van der Waals surface area contributed by atoms with Gasteiger partial charge in [-0.1, -0.05) is 30.3 Å². The third kappa shape index (κ3) is 4.10. The third-order valence-electron chi connectivity index (χ3n) is 2.70. The summed E-state index contributed by atoms with van der Waals surface area (Å²) in [6, 6.07) is 11.8. The lowest BCUT2D eigenvalue weighted by molar-refractivity contribution is 0.294. The first kappa shape index (κ1) is 13.1. The van der Waals surface area contributed by atoms with Gasteiger partial charge in [-0.15, -0.1) is 5.16 Å². The SMILES string of the molecule is Cc1ccc(OCc2ccc(CC=NO)cc2)nc1. The zero-order valence-electron chi connectivity index (χ0n) is 10.8. The molecule has 0 aliphatic rings. The van der Waals surface area contributed by atoms with Crippen molar-refractivity contribution in [3.63, 3.8) is 0 Å². The zero-order valence-corrected chi connectivity index (χ0v) is 10.8. The minimum absolute atomic E-state index is 0.491. The molecule has 0 fully saturated rings. The van der Waals surface area contributed by atoms with Gasteiger partial charge in [0.2, 0.25) is 5.88 Å². The van der Waals surface area contributed by atoms with Gasteiger partial charge in [0.05, 0.1) is 0 Å². The predicted molar refractivity (Wildman–Crippen MR) is 73.7 cm³/mol. The fourth-order valence-corrected chi connectivity index (χ4v) is 1.61. The highest BCUT2D eigenvalue weighted by Crippen LogP contribution is 2.11. The molecule has 1 aromatic heterocycles. The molecule has 0 bridgehead atoms. The number of nitrogens with zero attached hydrogens (tertiary/aromatic N) is 2. The van der Waals surface area contributed by atoms with Crippen molar-refractivity contribution >= 4 is 6.21 Å². The molecule has 0 saturated heterocycles. The van der Waals surface area contributed by atoms with Crippen LogP contribution in [0.1, 0.15) is 16.7 Å². The van der Waals surface area contributed by atoms with Gasteiger partial charge in [-0.05, 0) is 23.6 Å². The maximum Gasteiger partial charge on any atom is 0.213 e. The van der Waals surface area contributed by atoms with Crippen molar-refractivity contribution in [2.45, 2.75) is 20.0 Å². The highest BCUT2D eigenvalue weighted by atomic mass is 16.5. The van der Waals surface area contributed by atoms with Crippen LogP contribution in [0.25, 0.3) is 0 Å². The van der Waals surface area contributed by atoms with Crippen LogP contribution in [-0.4, -0.2) is 16.4 Å². The van der Waals surface area contributed by atoms with E-state index < -0.39 is 0 Å². The Morgan fingerprint density at radius 3 is 2.53 bits per heavy atom. The number of pyridine rings is 1. The molecular formula is C15H16N2O2. The van der Waals surface area contributed by atoms with Crippen LogP contribution in [0.5, 0.6) is 5.88 Å². The molecule has 98 valence electrons. The Labute approximate surface area is 112 Å². The lowest BCUT2D eigenvalue weighted by atomic mass is 10.1. The number of benzene rings is 1. The van der Waals surface area contributed by atoms with Gasteiger partial charge in [0.25, 0.3) is 0 Å². The molecule has 4 nitrogen and oxygen atoms in total. The quantitative estimate of drug-likeness (QED) is 0.508. The average Bonchev–Trinajstić information content (AvgIpc) is 2.46. The van der Waals surface area contributed by atoms with E-state index >= 15 is 0 Å². The number of hydrogen-bond donors (Lipinski definition) is 1. The Bertz CT molecular complexity index is 533. The molecular weight excluding hydrogens is 240 g/mol. The van der Waals surface area contributed by atoms with E-state index in [0.29, 0.717) is 18.9 Å². The maximum atomic E-state index is 8.35. The Morgan fingerprint density at radius 1 is 1.16 bits per heavy atom. The fraction of sp³-hybridized carbons (Fsp3) is 0.200. The van der Waals surface area contributed by atoms with Gasteiger partial charge >= 0.3 is 0 Å². The van der Waals surface area contributed by atoms with Crippen molar-refractivity contribution in [1.29, 1.82) is 0 Å². The van der Waals surface area contributed by atoms with Crippen molar-refractivity contribution in [3.05, 3.63) is 59.3 Å². The molecule has 0 aliphatic heterocycles. The van der Waals surface area contributed by atoms with Crippen molar-refractivity contribution < 1.29 is 9.94 Å². The smallest absolute Gasteiger partial charge is 0.213 e. The molecule has 0 saturated carbocycles. The van der Waals surface area contributed by atoms with Gasteiger partial charge in [0.1, 0.15) is 6.61 Å². The standard InChI is InChI=1S/C15H16N2O2/c1-12-2-7-15(16-10-12)19-11-14-5-3-13(4-6-14)8-9-17-18/h2-7,9-10,18H,8,11H2,1H3. The highest BCUT2D eigenvalue weighted by molar-refractivity contribution is 5.60. The van der Waals surface area contributed by atoms with Crippen LogP contribution in [0.3, 0.4) is 0 Å². The summed E-state index contributed by atoms with van der Waals surface area (Å²) < 4.78 is 5.59. The average molecular weight is 256 g/mol. The summed E-state index contributed by atoms with van der Waals surface area (Å²) >= 11 is 0. The van der Waals surface area contributed by atoms with E-state index in [1.165, 1.54) is 6.21 Å². The van der Waals surface area contributed by atoms with E-state index in [0.717, 1.165) is 16.7 Å². The number of ether oxygens (including phenoxy) is 1. The van der Waals surface area contributed by atoms with E-state index in [-0.39, 0.29) is 0 Å². The number of oxime groups is 1. The van der Waals surface area contributed by atoms with Gasteiger partial charge in [0.15, 0.2) is 0 Å². The summed E-state index contributed by atoms with van der Waals surface area (Å²) in [6.07, 6.45) is 3.87. The maximum absolute atomic E-state index is 8.35. The lowest BCUT2D eigenvalue weighted by Gasteiger charge is -2.06. The van der Waals surface area contributed by atoms with Crippen LogP contribution < -0.4 is 4.74 Å². The Kier molecular flexibility index (Phi) is 4.50. The van der Waals surface area contributed by atoms with Crippen LogP contribution in [0, 0.1) is 6.92 Å². The summed E-state index contributed by atoms with van der Waals surface area (Å²) in [6.45, 7) is 2.48. The first-order valence-corrected chi connectivity index (χ1v) is 6.07. The second-order valence-corrected chi connectivity index (χ2v) is 4.28. The summed E-state index contributed by atoms with van der Waals surface area (Å²) in [5.41, 5.74) is 3.28. The molecule has 0 aliphatic carbocycles. The van der Waals surface area contributed by atoms with Crippen LogP contribution in [0.2, 0.25) is 0 Å². The predicted octanol–water partition coefficient (Wildman–Crippen LogP) is 2.97. The Morgan fingerprint density at radius 2 is 1.89 bits per heavy atom. The summed E-state index contributed by atoms with van der Waals surface area (Å²) in [5.74, 6) is 0.627. The van der Waals surface area contributed by atoms with Crippen molar-refractivity contribution in [3.8, 4) is 5.88 Å². The second kappa shape index (κ2) is 6.54. The number of aryl methyl sites for hydroxylation is 1. The Hall–Kier alpha value is -2.36. The normalized spacial score (nSPS) is 10.8. The molecule has 1 heterocycles. The van der Waals surface area contributed by atoms with E-state index in [1.54, 1.807) is 6.20 Å². The van der Waals surface area contributed by atoms with Crippen LogP contribution in [0.15, 0.2) is 47.8 Å². The number of hydrogen-bond acceptors (Lipinski definition) is 4. The van der Waals surface area contributed by atoms with Crippen LogP contribution >= 0.6 is 0 Å². The first-order valence-electron chi connectivity index (χ1n) is 6.07. The lowest BCUT2D eigenvalue weighted by Crippen LogP contribution is -1.97. The summed E-state index contributed by atoms with van der Waals surface area (Å²) in [5, 5.41) is 11.3. The van der Waals surface area contributed by atoms with Gasteiger partial charge < -0.3 is 9.94 Å². The molecule has 0 amide bonds. The Balaban J connectivity index is 1.90. The van der Waals surface area contributed by atoms with Crippen molar-refractivity contribution in [2.24, 2.45) is 5.16 Å². The van der Waals surface area contributed by atoms with Crippen molar-refractivity contribution in [2.75, 3.05) is 0 Å². The van der Waals surface area contributed by atoms with Gasteiger partial charge in [-0.2, -0.15) is 0 Å². The first-order chi connectivity index (χ1) is 9.28. The second-order valence-electron chi connectivity index (χ2n) is 4.28. The highest BCUT2D eigenvalue weighted by Gasteiger charge is 1.98. The van der Waals surface area contributed by atoms with E-state index in [4.69, 9.17) is 9.94 Å². The molecule has 0 radical (unpaired) electrons. The summed E-state index contributed by atoms with van der Waals surface area (Å²) in [4.78, 5) is 4.18. The molecule has 4 heteroatoms. The third-order valence-corrected chi connectivity index (χ3v) is 2.70. The molecule has 2 rings (SSSR count). The van der Waals surface area contributed by atoms with Crippen LogP contribution in [-0.2, 0) is 13.0 Å².